The van der Waals surface area contributed by atoms with Gasteiger partial charge in [0.05, 0.1) is 10.7 Å². The zero-order valence-corrected chi connectivity index (χ0v) is 10.8. The zero-order valence-electron chi connectivity index (χ0n) is 9.99. The Morgan fingerprint density at radius 2 is 2.19 bits per heavy atom. The van der Waals surface area contributed by atoms with Crippen LogP contribution in [0.1, 0.15) is 29.9 Å². The molecule has 0 fully saturated rings. The summed E-state index contributed by atoms with van der Waals surface area (Å²) < 4.78 is 0. The normalized spacial score (nSPS) is 10.8. The predicted molar refractivity (Wildman–Crippen MR) is 70.0 cm³/mol. The quantitative estimate of drug-likeness (QED) is 0.827. The molecule has 0 aliphatic carbocycles. The van der Waals surface area contributed by atoms with Crippen LogP contribution in [0, 0.1) is 5.92 Å². The summed E-state index contributed by atoms with van der Waals surface area (Å²) in [6, 6.07) is 1.81. The second-order valence-electron chi connectivity index (χ2n) is 4.34. The highest BCUT2D eigenvalue weighted by atomic mass is 32.1. The number of carbonyl (C=O) groups is 1. The van der Waals surface area contributed by atoms with E-state index in [9.17, 15) is 4.79 Å². The number of carbonyl (C=O) groups excluding carboxylic acids is 1. The van der Waals surface area contributed by atoms with Gasteiger partial charge in [0.1, 0.15) is 4.88 Å². The first kappa shape index (κ1) is 12.8. The summed E-state index contributed by atoms with van der Waals surface area (Å²) in [7, 11) is 2.00. The summed E-state index contributed by atoms with van der Waals surface area (Å²) in [5.41, 5.74) is 11.4. The molecule has 0 spiro atoms. The number of nitrogens with two attached hydrogens (primary N) is 2. The number of thiophene rings is 1. The van der Waals surface area contributed by atoms with E-state index in [-0.39, 0.29) is 0 Å². The van der Waals surface area contributed by atoms with Crippen LogP contribution in [-0.4, -0.2) is 19.5 Å². The third-order valence-electron chi connectivity index (χ3n) is 2.39. The lowest BCUT2D eigenvalue weighted by Gasteiger charge is -2.17. The van der Waals surface area contributed by atoms with E-state index in [1.807, 2.05) is 13.1 Å². The maximum Gasteiger partial charge on any atom is 0.260 e. The Balaban J connectivity index is 2.73. The minimum atomic E-state index is -0.453. The number of hydrogen-bond acceptors (Lipinski definition) is 4. The number of rotatable bonds is 5. The molecule has 0 aromatic carbocycles. The standard InChI is InChI=1S/C11H19N3OS/c1-7(2)4-5-14(3)9-6-8(12)10(16-9)11(13)15/h6-7H,4-5,12H2,1-3H3,(H2,13,15). The first-order valence-corrected chi connectivity index (χ1v) is 6.13. The lowest BCUT2D eigenvalue weighted by molar-refractivity contribution is 0.100. The van der Waals surface area contributed by atoms with Crippen LogP contribution in [0.4, 0.5) is 10.7 Å². The molecule has 4 N–H and O–H groups in total. The summed E-state index contributed by atoms with van der Waals surface area (Å²) in [5, 5.41) is 0.993. The van der Waals surface area contributed by atoms with Gasteiger partial charge in [0.25, 0.3) is 5.91 Å². The van der Waals surface area contributed by atoms with Crippen molar-refractivity contribution in [3.8, 4) is 0 Å². The molecular formula is C11H19N3OS. The van der Waals surface area contributed by atoms with Crippen LogP contribution in [-0.2, 0) is 0 Å². The van der Waals surface area contributed by atoms with E-state index in [1.165, 1.54) is 11.3 Å². The predicted octanol–water partition coefficient (Wildman–Crippen LogP) is 1.91. The average Bonchev–Trinajstić information content (AvgIpc) is 2.56. The van der Waals surface area contributed by atoms with Gasteiger partial charge in [-0.25, -0.2) is 0 Å². The Bertz CT molecular complexity index is 373. The summed E-state index contributed by atoms with van der Waals surface area (Å²) >= 11 is 1.35. The molecule has 16 heavy (non-hydrogen) atoms. The number of primary amides is 1. The van der Waals surface area contributed by atoms with Crippen LogP contribution in [0.15, 0.2) is 6.07 Å². The van der Waals surface area contributed by atoms with E-state index < -0.39 is 5.91 Å². The van der Waals surface area contributed by atoms with Crippen LogP contribution in [0.2, 0.25) is 0 Å². The molecule has 0 bridgehead atoms. The van der Waals surface area contributed by atoms with Gasteiger partial charge in [-0.05, 0) is 18.4 Å². The van der Waals surface area contributed by atoms with Gasteiger partial charge < -0.3 is 16.4 Å². The molecule has 0 saturated carbocycles. The van der Waals surface area contributed by atoms with Gasteiger partial charge in [-0.3, -0.25) is 4.79 Å². The van der Waals surface area contributed by atoms with Crippen molar-refractivity contribution in [1.29, 1.82) is 0 Å². The molecule has 1 rings (SSSR count). The monoisotopic (exact) mass is 241 g/mol. The highest BCUT2D eigenvalue weighted by Crippen LogP contribution is 2.31. The average molecular weight is 241 g/mol. The number of anilines is 2. The maximum atomic E-state index is 11.1. The highest BCUT2D eigenvalue weighted by molar-refractivity contribution is 7.18. The fourth-order valence-corrected chi connectivity index (χ4v) is 2.25. The minimum Gasteiger partial charge on any atom is -0.397 e. The summed E-state index contributed by atoms with van der Waals surface area (Å²) in [5.74, 6) is 0.210. The molecular weight excluding hydrogens is 222 g/mol. The van der Waals surface area contributed by atoms with Gasteiger partial charge in [-0.2, -0.15) is 0 Å². The molecule has 0 aliphatic rings. The summed E-state index contributed by atoms with van der Waals surface area (Å²) in [4.78, 5) is 13.6. The van der Waals surface area contributed by atoms with Gasteiger partial charge in [-0.1, -0.05) is 13.8 Å². The maximum absolute atomic E-state index is 11.1. The van der Waals surface area contributed by atoms with E-state index in [0.29, 0.717) is 16.5 Å². The minimum absolute atomic E-state index is 0.450. The molecule has 1 heterocycles. The molecule has 5 heteroatoms. The largest absolute Gasteiger partial charge is 0.397 e. The summed E-state index contributed by atoms with van der Waals surface area (Å²) in [6.07, 6.45) is 1.11. The summed E-state index contributed by atoms with van der Waals surface area (Å²) in [6.45, 7) is 5.33. The van der Waals surface area contributed by atoms with Gasteiger partial charge in [0.15, 0.2) is 0 Å². The van der Waals surface area contributed by atoms with Crippen molar-refractivity contribution in [1.82, 2.24) is 0 Å². The molecule has 1 aromatic rings. The van der Waals surface area contributed by atoms with Crippen LogP contribution in [0.5, 0.6) is 0 Å². The van der Waals surface area contributed by atoms with Gasteiger partial charge in [-0.15, -0.1) is 11.3 Å². The van der Waals surface area contributed by atoms with Crippen LogP contribution < -0.4 is 16.4 Å². The van der Waals surface area contributed by atoms with Crippen LogP contribution >= 0.6 is 11.3 Å². The van der Waals surface area contributed by atoms with Crippen LogP contribution in [0.3, 0.4) is 0 Å². The van der Waals surface area contributed by atoms with E-state index in [4.69, 9.17) is 11.5 Å². The van der Waals surface area contributed by atoms with Crippen molar-refractivity contribution in [2.24, 2.45) is 11.7 Å². The first-order valence-electron chi connectivity index (χ1n) is 5.32. The van der Waals surface area contributed by atoms with Crippen molar-refractivity contribution in [2.45, 2.75) is 20.3 Å². The fraction of sp³-hybridized carbons (Fsp3) is 0.545. The van der Waals surface area contributed by atoms with Crippen molar-refractivity contribution in [2.75, 3.05) is 24.2 Å². The van der Waals surface area contributed by atoms with E-state index in [2.05, 4.69) is 18.7 Å². The second-order valence-corrected chi connectivity index (χ2v) is 5.37. The Kier molecular flexibility index (Phi) is 4.18. The molecule has 0 saturated heterocycles. The van der Waals surface area contributed by atoms with Crippen LogP contribution in [0.25, 0.3) is 0 Å². The zero-order chi connectivity index (χ0) is 12.3. The molecule has 0 aliphatic heterocycles. The van der Waals surface area contributed by atoms with Crippen molar-refractivity contribution in [3.05, 3.63) is 10.9 Å². The Morgan fingerprint density at radius 3 is 2.62 bits per heavy atom. The molecule has 90 valence electrons. The molecule has 0 radical (unpaired) electrons. The van der Waals surface area contributed by atoms with Gasteiger partial charge in [0.2, 0.25) is 0 Å². The first-order chi connectivity index (χ1) is 7.41. The Hall–Kier alpha value is -1.23. The van der Waals surface area contributed by atoms with E-state index in [1.54, 1.807) is 0 Å². The van der Waals surface area contributed by atoms with E-state index in [0.717, 1.165) is 18.0 Å². The smallest absolute Gasteiger partial charge is 0.260 e. The van der Waals surface area contributed by atoms with Crippen molar-refractivity contribution < 1.29 is 4.79 Å². The highest BCUT2D eigenvalue weighted by Gasteiger charge is 2.13. The van der Waals surface area contributed by atoms with Gasteiger partial charge >= 0.3 is 0 Å². The molecule has 1 aromatic heterocycles. The number of hydrogen-bond donors (Lipinski definition) is 2. The Labute approximate surface area is 100 Å². The SMILES string of the molecule is CC(C)CCN(C)c1cc(N)c(C(N)=O)s1. The van der Waals surface area contributed by atoms with Gasteiger partial charge in [0, 0.05) is 13.6 Å². The lowest BCUT2D eigenvalue weighted by Crippen LogP contribution is -2.18. The third-order valence-corrected chi connectivity index (χ3v) is 3.67. The topological polar surface area (TPSA) is 72.3 Å². The second kappa shape index (κ2) is 5.21. The molecule has 1 amide bonds. The molecule has 0 atom stereocenters. The molecule has 4 nitrogen and oxygen atoms in total. The van der Waals surface area contributed by atoms with Crippen molar-refractivity contribution >= 4 is 27.9 Å². The number of nitrogen functional groups attached to an aromatic ring is 1. The number of amides is 1. The fourth-order valence-electron chi connectivity index (χ4n) is 1.33. The van der Waals surface area contributed by atoms with Crippen molar-refractivity contribution in [3.63, 3.8) is 0 Å². The lowest BCUT2D eigenvalue weighted by atomic mass is 10.1. The van der Waals surface area contributed by atoms with E-state index >= 15 is 0 Å². The third kappa shape index (κ3) is 3.13. The molecule has 0 unspecified atom stereocenters. The number of nitrogens with zero attached hydrogens (tertiary/aromatic N) is 1. The Morgan fingerprint density at radius 1 is 1.56 bits per heavy atom.